The minimum absolute atomic E-state index is 0.593. The second-order valence-corrected chi connectivity index (χ2v) is 7.21. The maximum atomic E-state index is 3.58. The minimum Gasteiger partial charge on any atom is -0.315 e. The first-order valence-corrected chi connectivity index (χ1v) is 7.40. The Morgan fingerprint density at radius 1 is 1.06 bits per heavy atom. The largest absolute Gasteiger partial charge is 0.315 e. The fourth-order valence-electron chi connectivity index (χ4n) is 3.53. The molecule has 1 aliphatic heterocycles. The molecule has 1 N–H and O–H groups in total. The summed E-state index contributed by atoms with van der Waals surface area (Å²) >= 11 is 0. The Labute approximate surface area is 107 Å². The molecule has 1 saturated carbocycles. The van der Waals surface area contributed by atoms with Crippen LogP contribution in [-0.4, -0.2) is 37.1 Å². The number of hydrogen-bond acceptors (Lipinski definition) is 2. The number of nitrogens with zero attached hydrogens (tertiary/aromatic N) is 1. The predicted octanol–water partition coefficient (Wildman–Crippen LogP) is 2.89. The van der Waals surface area contributed by atoms with Crippen molar-refractivity contribution < 1.29 is 0 Å². The highest BCUT2D eigenvalue weighted by molar-refractivity contribution is 4.88. The van der Waals surface area contributed by atoms with Crippen LogP contribution in [0.5, 0.6) is 0 Å². The van der Waals surface area contributed by atoms with Gasteiger partial charge in [-0.25, -0.2) is 0 Å². The Kier molecular flexibility index (Phi) is 4.14. The number of nitrogens with one attached hydrogen (secondary N) is 1. The number of rotatable bonds is 2. The summed E-state index contributed by atoms with van der Waals surface area (Å²) in [6.45, 7) is 9.63. The Hall–Kier alpha value is -0.0800. The lowest BCUT2D eigenvalue weighted by Gasteiger charge is -2.43. The van der Waals surface area contributed by atoms with Gasteiger partial charge in [0.05, 0.1) is 0 Å². The molecule has 2 nitrogen and oxygen atoms in total. The van der Waals surface area contributed by atoms with Gasteiger partial charge in [0.15, 0.2) is 0 Å². The molecule has 1 saturated heterocycles. The van der Waals surface area contributed by atoms with Crippen molar-refractivity contribution in [1.82, 2.24) is 10.2 Å². The van der Waals surface area contributed by atoms with Crippen molar-refractivity contribution in [3.05, 3.63) is 0 Å². The summed E-state index contributed by atoms with van der Waals surface area (Å²) in [5.41, 5.74) is 0.593. The zero-order chi connectivity index (χ0) is 12.5. The van der Waals surface area contributed by atoms with E-state index in [0.717, 1.165) is 18.0 Å². The topological polar surface area (TPSA) is 15.3 Å². The van der Waals surface area contributed by atoms with Crippen molar-refractivity contribution in [1.29, 1.82) is 0 Å². The molecule has 17 heavy (non-hydrogen) atoms. The Morgan fingerprint density at radius 2 is 1.71 bits per heavy atom. The van der Waals surface area contributed by atoms with Gasteiger partial charge in [-0.15, -0.1) is 0 Å². The molecule has 1 aliphatic carbocycles. The minimum atomic E-state index is 0.593. The zero-order valence-corrected chi connectivity index (χ0v) is 12.1. The second kappa shape index (κ2) is 5.27. The van der Waals surface area contributed by atoms with Gasteiger partial charge in [-0.2, -0.15) is 0 Å². The third kappa shape index (κ3) is 3.45. The molecule has 2 aliphatic rings. The van der Waals surface area contributed by atoms with Gasteiger partial charge in [-0.1, -0.05) is 20.8 Å². The molecule has 0 aromatic heterocycles. The molecule has 2 heteroatoms. The Morgan fingerprint density at radius 3 is 2.29 bits per heavy atom. The van der Waals surface area contributed by atoms with Crippen molar-refractivity contribution in [2.24, 2.45) is 11.3 Å². The summed E-state index contributed by atoms with van der Waals surface area (Å²) in [6.07, 6.45) is 6.97. The van der Waals surface area contributed by atoms with E-state index in [9.17, 15) is 0 Å². The van der Waals surface area contributed by atoms with E-state index in [2.05, 4.69) is 38.0 Å². The number of piperidine rings is 1. The van der Waals surface area contributed by atoms with Crippen molar-refractivity contribution in [3.63, 3.8) is 0 Å². The third-order valence-corrected chi connectivity index (χ3v) is 5.01. The van der Waals surface area contributed by atoms with Crippen LogP contribution in [0.2, 0.25) is 0 Å². The maximum absolute atomic E-state index is 3.58. The van der Waals surface area contributed by atoms with Gasteiger partial charge < -0.3 is 5.32 Å². The quantitative estimate of drug-likeness (QED) is 0.796. The summed E-state index contributed by atoms with van der Waals surface area (Å²) in [4.78, 5) is 2.68. The van der Waals surface area contributed by atoms with Crippen LogP contribution < -0.4 is 5.32 Å². The maximum Gasteiger partial charge on any atom is 0.0223 e. The smallest absolute Gasteiger partial charge is 0.0223 e. The molecule has 0 bridgehead atoms. The van der Waals surface area contributed by atoms with Gasteiger partial charge >= 0.3 is 0 Å². The van der Waals surface area contributed by atoms with E-state index < -0.39 is 0 Å². The highest BCUT2D eigenvalue weighted by Gasteiger charge is 2.32. The Bertz CT molecular complexity index is 239. The fraction of sp³-hybridized carbons (Fsp3) is 1.00. The van der Waals surface area contributed by atoms with Crippen LogP contribution in [0.25, 0.3) is 0 Å². The zero-order valence-electron chi connectivity index (χ0n) is 12.1. The molecule has 0 aromatic rings. The lowest BCUT2D eigenvalue weighted by molar-refractivity contribution is 0.0747. The van der Waals surface area contributed by atoms with E-state index in [1.54, 1.807) is 0 Å². The number of hydrogen-bond donors (Lipinski definition) is 1. The molecule has 1 heterocycles. The second-order valence-electron chi connectivity index (χ2n) is 7.21. The van der Waals surface area contributed by atoms with Crippen LogP contribution in [0.1, 0.15) is 52.9 Å². The van der Waals surface area contributed by atoms with Crippen molar-refractivity contribution in [2.75, 3.05) is 20.1 Å². The van der Waals surface area contributed by atoms with Gasteiger partial charge in [-0.3, -0.25) is 4.90 Å². The van der Waals surface area contributed by atoms with Gasteiger partial charge in [0.2, 0.25) is 0 Å². The monoisotopic (exact) mass is 238 g/mol. The molecule has 2 atom stereocenters. The van der Waals surface area contributed by atoms with Gasteiger partial charge in [0.25, 0.3) is 0 Å². The molecular weight excluding hydrogens is 208 g/mol. The molecule has 0 radical (unpaired) electrons. The van der Waals surface area contributed by atoms with Crippen LogP contribution in [0.3, 0.4) is 0 Å². The van der Waals surface area contributed by atoms with Crippen LogP contribution in [-0.2, 0) is 0 Å². The summed E-state index contributed by atoms with van der Waals surface area (Å²) in [5, 5.41) is 3.58. The molecule has 0 aromatic carbocycles. The van der Waals surface area contributed by atoms with Crippen molar-refractivity contribution in [2.45, 2.75) is 65.0 Å². The standard InChI is InChI=1S/C15H30N2/c1-12-9-14(11-16-10-12)17(4)13-5-7-15(2,3)8-6-13/h12-14,16H,5-11H2,1-4H3. The molecule has 0 amide bonds. The van der Waals surface area contributed by atoms with Gasteiger partial charge in [0, 0.05) is 18.6 Å². The first-order valence-electron chi connectivity index (χ1n) is 7.40. The third-order valence-electron chi connectivity index (χ3n) is 5.01. The van der Waals surface area contributed by atoms with Crippen molar-refractivity contribution in [3.8, 4) is 0 Å². The molecule has 100 valence electrons. The SMILES string of the molecule is CC1CNCC(N(C)C2CCC(C)(C)CC2)C1. The molecular formula is C15H30N2. The summed E-state index contributed by atoms with van der Waals surface area (Å²) in [7, 11) is 2.35. The van der Waals surface area contributed by atoms with Crippen LogP contribution in [0.15, 0.2) is 0 Å². The van der Waals surface area contributed by atoms with Crippen LogP contribution in [0.4, 0.5) is 0 Å². The molecule has 0 spiro atoms. The van der Waals surface area contributed by atoms with E-state index >= 15 is 0 Å². The Balaban J connectivity index is 1.85. The summed E-state index contributed by atoms with van der Waals surface area (Å²) in [6, 6.07) is 1.60. The average molecular weight is 238 g/mol. The van der Waals surface area contributed by atoms with Gasteiger partial charge in [-0.05, 0) is 57.0 Å². The average Bonchev–Trinajstić information content (AvgIpc) is 2.28. The van der Waals surface area contributed by atoms with E-state index in [1.807, 2.05) is 0 Å². The number of likely N-dealkylation sites (N-methyl/N-ethyl adjacent to an activating group) is 1. The summed E-state index contributed by atoms with van der Waals surface area (Å²) in [5.74, 6) is 0.844. The normalized spacial score (nSPS) is 35.1. The molecule has 2 unspecified atom stereocenters. The van der Waals surface area contributed by atoms with E-state index in [-0.39, 0.29) is 0 Å². The summed E-state index contributed by atoms with van der Waals surface area (Å²) < 4.78 is 0. The lowest BCUT2D eigenvalue weighted by Crippen LogP contribution is -2.51. The first kappa shape index (κ1) is 13.4. The first-order chi connectivity index (χ1) is 7.98. The van der Waals surface area contributed by atoms with Crippen LogP contribution in [0, 0.1) is 11.3 Å². The molecule has 2 rings (SSSR count). The fourth-order valence-corrected chi connectivity index (χ4v) is 3.53. The highest BCUT2D eigenvalue weighted by atomic mass is 15.2. The lowest BCUT2D eigenvalue weighted by atomic mass is 9.75. The van der Waals surface area contributed by atoms with E-state index in [0.29, 0.717) is 5.41 Å². The van der Waals surface area contributed by atoms with E-state index in [1.165, 1.54) is 45.2 Å². The van der Waals surface area contributed by atoms with Crippen molar-refractivity contribution >= 4 is 0 Å². The highest BCUT2D eigenvalue weighted by Crippen LogP contribution is 2.37. The van der Waals surface area contributed by atoms with Gasteiger partial charge in [0.1, 0.15) is 0 Å². The molecule has 2 fully saturated rings. The van der Waals surface area contributed by atoms with E-state index in [4.69, 9.17) is 0 Å². The predicted molar refractivity (Wildman–Crippen MR) is 74.2 cm³/mol. The van der Waals surface area contributed by atoms with Crippen LogP contribution >= 0.6 is 0 Å².